The molecule has 0 bridgehead atoms. The Morgan fingerprint density at radius 3 is 2.36 bits per heavy atom. The molecule has 1 fully saturated rings. The van der Waals surface area contributed by atoms with E-state index in [1.165, 1.54) is 70.0 Å². The predicted molar refractivity (Wildman–Crippen MR) is 108 cm³/mol. The average molecular weight is 336 g/mol. The molecular formula is C24H33N. The third-order valence-electron chi connectivity index (χ3n) is 5.69. The lowest BCUT2D eigenvalue weighted by atomic mass is 9.77. The molecule has 1 heteroatoms. The maximum absolute atomic E-state index is 3.67. The van der Waals surface area contributed by atoms with Gasteiger partial charge in [0.05, 0.1) is 0 Å². The lowest BCUT2D eigenvalue weighted by Crippen LogP contribution is -2.22. The fourth-order valence-corrected chi connectivity index (χ4v) is 4.24. The lowest BCUT2D eigenvalue weighted by Gasteiger charge is -2.29. The van der Waals surface area contributed by atoms with E-state index in [-0.39, 0.29) is 0 Å². The number of hydrogen-bond donors (Lipinski definition) is 1. The van der Waals surface area contributed by atoms with E-state index in [1.54, 1.807) is 5.56 Å². The molecular weight excluding hydrogens is 302 g/mol. The summed E-state index contributed by atoms with van der Waals surface area (Å²) in [5.41, 5.74) is 3.03. The number of hydrogen-bond acceptors (Lipinski definition) is 1. The zero-order valence-electron chi connectivity index (χ0n) is 15.5. The summed E-state index contributed by atoms with van der Waals surface area (Å²) in [6.07, 6.45) is 10.7. The van der Waals surface area contributed by atoms with E-state index in [1.807, 2.05) is 0 Å². The van der Waals surface area contributed by atoms with Crippen LogP contribution in [0, 0.1) is 5.92 Å². The van der Waals surface area contributed by atoms with E-state index in [0.29, 0.717) is 0 Å². The molecule has 134 valence electrons. The van der Waals surface area contributed by atoms with Crippen LogP contribution in [0.1, 0.15) is 62.0 Å². The highest BCUT2D eigenvalue weighted by atomic mass is 14.8. The fraction of sp³-hybridized carbons (Fsp3) is 0.500. The predicted octanol–water partition coefficient (Wildman–Crippen LogP) is 5.96. The van der Waals surface area contributed by atoms with Gasteiger partial charge in [0.2, 0.25) is 0 Å². The van der Waals surface area contributed by atoms with Crippen molar-refractivity contribution in [3.63, 3.8) is 0 Å². The average Bonchev–Trinajstić information content (AvgIpc) is 2.69. The SMILES string of the molecule is c1ccc(CCCCNCCC2CCCC(c3ccccc3)C2)cc1. The van der Waals surface area contributed by atoms with Crippen LogP contribution in [-0.4, -0.2) is 13.1 Å². The molecule has 1 aliphatic rings. The van der Waals surface area contributed by atoms with Crippen LogP contribution in [0.15, 0.2) is 60.7 Å². The first-order valence-corrected chi connectivity index (χ1v) is 10.2. The Morgan fingerprint density at radius 1 is 0.800 bits per heavy atom. The van der Waals surface area contributed by atoms with Gasteiger partial charge >= 0.3 is 0 Å². The quantitative estimate of drug-likeness (QED) is 0.557. The monoisotopic (exact) mass is 335 g/mol. The Morgan fingerprint density at radius 2 is 1.56 bits per heavy atom. The highest BCUT2D eigenvalue weighted by Crippen LogP contribution is 2.37. The van der Waals surface area contributed by atoms with Crippen molar-refractivity contribution < 1.29 is 0 Å². The summed E-state index contributed by atoms with van der Waals surface area (Å²) >= 11 is 0. The molecule has 1 nitrogen and oxygen atoms in total. The van der Waals surface area contributed by atoms with Gasteiger partial charge in [-0.1, -0.05) is 73.5 Å². The van der Waals surface area contributed by atoms with Crippen LogP contribution in [0.4, 0.5) is 0 Å². The van der Waals surface area contributed by atoms with Gasteiger partial charge in [0.25, 0.3) is 0 Å². The Kier molecular flexibility index (Phi) is 7.57. The Balaban J connectivity index is 1.26. The summed E-state index contributed by atoms with van der Waals surface area (Å²) in [5.74, 6) is 1.71. The first-order valence-electron chi connectivity index (χ1n) is 10.2. The van der Waals surface area contributed by atoms with E-state index < -0.39 is 0 Å². The zero-order valence-corrected chi connectivity index (χ0v) is 15.5. The summed E-state index contributed by atoms with van der Waals surface area (Å²) in [4.78, 5) is 0. The molecule has 0 heterocycles. The number of unbranched alkanes of at least 4 members (excludes halogenated alkanes) is 1. The van der Waals surface area contributed by atoms with Crippen molar-refractivity contribution in [2.45, 2.75) is 57.3 Å². The van der Waals surface area contributed by atoms with Crippen molar-refractivity contribution in [3.05, 3.63) is 71.8 Å². The third-order valence-corrected chi connectivity index (χ3v) is 5.69. The summed E-state index contributed by atoms with van der Waals surface area (Å²) < 4.78 is 0. The minimum atomic E-state index is 0.797. The molecule has 0 radical (unpaired) electrons. The van der Waals surface area contributed by atoms with Gasteiger partial charge in [-0.15, -0.1) is 0 Å². The van der Waals surface area contributed by atoms with Crippen molar-refractivity contribution in [2.75, 3.05) is 13.1 Å². The Bertz CT molecular complexity index is 578. The molecule has 0 spiro atoms. The van der Waals surface area contributed by atoms with Crippen LogP contribution in [0.3, 0.4) is 0 Å². The molecule has 1 aliphatic carbocycles. The molecule has 2 aromatic carbocycles. The van der Waals surface area contributed by atoms with Crippen molar-refractivity contribution in [3.8, 4) is 0 Å². The number of rotatable bonds is 9. The number of aryl methyl sites for hydroxylation is 1. The lowest BCUT2D eigenvalue weighted by molar-refractivity contribution is 0.302. The van der Waals surface area contributed by atoms with Crippen molar-refractivity contribution in [1.29, 1.82) is 0 Å². The molecule has 1 saturated carbocycles. The van der Waals surface area contributed by atoms with E-state index in [9.17, 15) is 0 Å². The topological polar surface area (TPSA) is 12.0 Å². The molecule has 25 heavy (non-hydrogen) atoms. The molecule has 0 aromatic heterocycles. The van der Waals surface area contributed by atoms with Gasteiger partial charge in [0, 0.05) is 0 Å². The standard InChI is InChI=1S/C24H33N/c1-3-10-21(11-4-1)12-7-8-18-25-19-17-22-13-9-16-24(20-22)23-14-5-2-6-15-23/h1-6,10-11,14-15,22,24-25H,7-9,12-13,16-20H2. The van der Waals surface area contributed by atoms with Crippen LogP contribution < -0.4 is 5.32 Å². The maximum Gasteiger partial charge on any atom is -0.00463 e. The van der Waals surface area contributed by atoms with Gasteiger partial charge in [-0.05, 0) is 74.6 Å². The number of nitrogens with one attached hydrogen (secondary N) is 1. The molecule has 2 atom stereocenters. The molecule has 1 N–H and O–H groups in total. The largest absolute Gasteiger partial charge is 0.317 e. The molecule has 2 unspecified atom stereocenters. The normalized spacial score (nSPS) is 20.5. The minimum absolute atomic E-state index is 0.797. The van der Waals surface area contributed by atoms with Gasteiger partial charge in [-0.25, -0.2) is 0 Å². The van der Waals surface area contributed by atoms with E-state index in [2.05, 4.69) is 66.0 Å². The van der Waals surface area contributed by atoms with Crippen molar-refractivity contribution in [1.82, 2.24) is 5.32 Å². The second kappa shape index (κ2) is 10.4. The second-order valence-corrected chi connectivity index (χ2v) is 7.62. The fourth-order valence-electron chi connectivity index (χ4n) is 4.24. The number of benzene rings is 2. The minimum Gasteiger partial charge on any atom is -0.317 e. The Labute approximate surface area is 153 Å². The maximum atomic E-state index is 3.67. The summed E-state index contributed by atoms with van der Waals surface area (Å²) in [5, 5.41) is 3.67. The molecule has 2 aromatic rings. The van der Waals surface area contributed by atoms with Crippen molar-refractivity contribution >= 4 is 0 Å². The highest BCUT2D eigenvalue weighted by Gasteiger charge is 2.22. The van der Waals surface area contributed by atoms with Crippen LogP contribution in [0.25, 0.3) is 0 Å². The van der Waals surface area contributed by atoms with E-state index in [4.69, 9.17) is 0 Å². The van der Waals surface area contributed by atoms with Gasteiger partial charge in [0.1, 0.15) is 0 Å². The highest BCUT2D eigenvalue weighted by molar-refractivity contribution is 5.20. The van der Waals surface area contributed by atoms with Crippen LogP contribution >= 0.6 is 0 Å². The van der Waals surface area contributed by atoms with Gasteiger partial charge in [0.15, 0.2) is 0 Å². The van der Waals surface area contributed by atoms with Crippen molar-refractivity contribution in [2.24, 2.45) is 5.92 Å². The van der Waals surface area contributed by atoms with Gasteiger partial charge < -0.3 is 5.32 Å². The van der Waals surface area contributed by atoms with Crippen LogP contribution in [-0.2, 0) is 6.42 Å². The van der Waals surface area contributed by atoms with E-state index in [0.717, 1.165) is 11.8 Å². The molecule has 3 rings (SSSR count). The van der Waals surface area contributed by atoms with Gasteiger partial charge in [-0.2, -0.15) is 0 Å². The zero-order chi connectivity index (χ0) is 17.2. The molecule has 0 aliphatic heterocycles. The third kappa shape index (κ3) is 6.32. The summed E-state index contributed by atoms with van der Waals surface area (Å²) in [7, 11) is 0. The van der Waals surface area contributed by atoms with Gasteiger partial charge in [-0.3, -0.25) is 0 Å². The first kappa shape index (κ1) is 18.2. The Hall–Kier alpha value is -1.60. The van der Waals surface area contributed by atoms with Crippen LogP contribution in [0.5, 0.6) is 0 Å². The second-order valence-electron chi connectivity index (χ2n) is 7.62. The van der Waals surface area contributed by atoms with E-state index >= 15 is 0 Å². The summed E-state index contributed by atoms with van der Waals surface area (Å²) in [6.45, 7) is 2.36. The molecule has 0 amide bonds. The summed E-state index contributed by atoms with van der Waals surface area (Å²) in [6, 6.07) is 22.0. The molecule has 0 saturated heterocycles. The first-order chi connectivity index (χ1) is 12.4. The van der Waals surface area contributed by atoms with Crippen LogP contribution in [0.2, 0.25) is 0 Å². The smallest absolute Gasteiger partial charge is 0.00463 e.